The summed E-state index contributed by atoms with van der Waals surface area (Å²) >= 11 is 6.02. The summed E-state index contributed by atoms with van der Waals surface area (Å²) in [6.07, 6.45) is 0.435. The van der Waals surface area contributed by atoms with Gasteiger partial charge in [0.2, 0.25) is 5.91 Å². The number of aryl methyl sites for hydroxylation is 1. The molecular weight excluding hydrogens is 422 g/mol. The molecule has 2 heterocycles. The average Bonchev–Trinajstić information content (AvgIpc) is 3.35. The third-order valence-corrected chi connectivity index (χ3v) is 6.14. The Morgan fingerprint density at radius 1 is 1.06 bits per heavy atom. The van der Waals surface area contributed by atoms with Gasteiger partial charge in [-0.3, -0.25) is 4.79 Å². The van der Waals surface area contributed by atoms with Crippen LogP contribution in [0.3, 0.4) is 0 Å². The molecule has 0 aliphatic carbocycles. The minimum Gasteiger partial charge on any atom is -0.492 e. The quantitative estimate of drug-likeness (QED) is 0.388. The summed E-state index contributed by atoms with van der Waals surface area (Å²) < 4.78 is 8.21. The molecule has 32 heavy (non-hydrogen) atoms. The molecule has 1 aliphatic rings. The van der Waals surface area contributed by atoms with Gasteiger partial charge >= 0.3 is 0 Å². The van der Waals surface area contributed by atoms with Crippen molar-refractivity contribution < 1.29 is 9.53 Å². The van der Waals surface area contributed by atoms with Crippen LogP contribution in [0.15, 0.2) is 72.8 Å². The molecule has 1 fully saturated rings. The van der Waals surface area contributed by atoms with Crippen LogP contribution in [0.4, 0.5) is 5.69 Å². The van der Waals surface area contributed by atoms with Crippen LogP contribution in [0, 0.1) is 6.92 Å². The van der Waals surface area contributed by atoms with Gasteiger partial charge in [0.05, 0.1) is 17.6 Å². The lowest BCUT2D eigenvalue weighted by Gasteiger charge is -2.17. The highest BCUT2D eigenvalue weighted by Crippen LogP contribution is 2.33. The van der Waals surface area contributed by atoms with Gasteiger partial charge in [-0.2, -0.15) is 0 Å². The van der Waals surface area contributed by atoms with Crippen LogP contribution in [-0.2, 0) is 11.3 Å². The first kappa shape index (κ1) is 20.6. The molecule has 0 spiro atoms. The van der Waals surface area contributed by atoms with Crippen LogP contribution in [0.25, 0.3) is 11.0 Å². The van der Waals surface area contributed by atoms with E-state index in [1.807, 2.05) is 65.6 Å². The second-order valence-corrected chi connectivity index (χ2v) is 8.59. The first-order valence-electron chi connectivity index (χ1n) is 10.8. The standard InChI is InChI=1S/C26H24ClN3O2/c1-18-5-4-6-22(15-18)32-14-13-29-24-8-3-2-7-23(24)28-26(29)19-16-25(31)30(17-19)21-11-9-20(27)10-12-21/h2-12,15,19H,13-14,16-17H2,1H3/t19-/m1/s1. The number of ether oxygens (including phenoxy) is 1. The number of aromatic nitrogens is 2. The maximum absolute atomic E-state index is 12.8. The van der Waals surface area contributed by atoms with Crippen molar-refractivity contribution in [3.8, 4) is 5.75 Å². The number of halogens is 1. The van der Waals surface area contributed by atoms with Gasteiger partial charge in [0, 0.05) is 29.6 Å². The normalized spacial score (nSPS) is 16.1. The van der Waals surface area contributed by atoms with E-state index in [9.17, 15) is 4.79 Å². The van der Waals surface area contributed by atoms with Crippen LogP contribution in [0.5, 0.6) is 5.75 Å². The molecule has 162 valence electrons. The van der Waals surface area contributed by atoms with Gasteiger partial charge in [-0.1, -0.05) is 35.9 Å². The number of carbonyl (C=O) groups is 1. The largest absolute Gasteiger partial charge is 0.492 e. The van der Waals surface area contributed by atoms with Crippen molar-refractivity contribution in [2.24, 2.45) is 0 Å². The number of benzene rings is 3. The molecule has 5 rings (SSSR count). The lowest BCUT2D eigenvalue weighted by Crippen LogP contribution is -2.24. The van der Waals surface area contributed by atoms with E-state index in [0.717, 1.165) is 28.3 Å². The number of anilines is 1. The fraction of sp³-hybridized carbons (Fsp3) is 0.231. The van der Waals surface area contributed by atoms with Crippen LogP contribution in [0.1, 0.15) is 23.7 Å². The SMILES string of the molecule is Cc1cccc(OCCn2c([C@@H]3CC(=O)N(c4ccc(Cl)cc4)C3)nc3ccccc32)c1. The van der Waals surface area contributed by atoms with Crippen molar-refractivity contribution in [1.82, 2.24) is 9.55 Å². The zero-order valence-corrected chi connectivity index (χ0v) is 18.6. The van der Waals surface area contributed by atoms with Gasteiger partial charge in [0.1, 0.15) is 18.2 Å². The summed E-state index contributed by atoms with van der Waals surface area (Å²) in [6.45, 7) is 3.84. The van der Waals surface area contributed by atoms with E-state index >= 15 is 0 Å². The maximum Gasteiger partial charge on any atom is 0.227 e. The fourth-order valence-corrected chi connectivity index (χ4v) is 4.48. The summed E-state index contributed by atoms with van der Waals surface area (Å²) in [6, 6.07) is 23.6. The fourth-order valence-electron chi connectivity index (χ4n) is 4.35. The summed E-state index contributed by atoms with van der Waals surface area (Å²) in [5.41, 5.74) is 4.04. The van der Waals surface area contributed by atoms with Crippen LogP contribution in [-0.4, -0.2) is 28.6 Å². The van der Waals surface area contributed by atoms with Crippen molar-refractivity contribution >= 4 is 34.2 Å². The van der Waals surface area contributed by atoms with Crippen molar-refractivity contribution in [1.29, 1.82) is 0 Å². The molecule has 1 atom stereocenters. The van der Waals surface area contributed by atoms with Crippen LogP contribution < -0.4 is 9.64 Å². The number of hydrogen-bond donors (Lipinski definition) is 0. The number of hydrogen-bond acceptors (Lipinski definition) is 3. The first-order chi connectivity index (χ1) is 15.6. The number of fused-ring (bicyclic) bond motifs is 1. The Bertz CT molecular complexity index is 1270. The van der Waals surface area contributed by atoms with Crippen LogP contribution >= 0.6 is 11.6 Å². The highest BCUT2D eigenvalue weighted by Gasteiger charge is 2.34. The average molecular weight is 446 g/mol. The molecule has 1 aromatic heterocycles. The van der Waals surface area contributed by atoms with Gasteiger partial charge in [-0.15, -0.1) is 0 Å². The Labute approximate surface area is 192 Å². The molecule has 0 N–H and O–H groups in total. The van der Waals surface area contributed by atoms with E-state index < -0.39 is 0 Å². The molecule has 0 unspecified atom stereocenters. The van der Waals surface area contributed by atoms with Gasteiger partial charge in [0.15, 0.2) is 0 Å². The number of nitrogens with zero attached hydrogens (tertiary/aromatic N) is 3. The molecule has 0 radical (unpaired) electrons. The molecule has 1 saturated heterocycles. The van der Waals surface area contributed by atoms with Gasteiger partial charge < -0.3 is 14.2 Å². The van der Waals surface area contributed by atoms with Crippen molar-refractivity contribution in [3.05, 3.63) is 89.2 Å². The van der Waals surface area contributed by atoms with E-state index in [4.69, 9.17) is 21.3 Å². The van der Waals surface area contributed by atoms with Crippen molar-refractivity contribution in [2.75, 3.05) is 18.1 Å². The predicted molar refractivity (Wildman–Crippen MR) is 128 cm³/mol. The molecule has 0 saturated carbocycles. The Hall–Kier alpha value is -3.31. The van der Waals surface area contributed by atoms with Gasteiger partial charge in [-0.25, -0.2) is 4.98 Å². The molecule has 5 nitrogen and oxygen atoms in total. The minimum absolute atomic E-state index is 0.0181. The molecule has 6 heteroatoms. The lowest BCUT2D eigenvalue weighted by molar-refractivity contribution is -0.117. The Morgan fingerprint density at radius 3 is 2.69 bits per heavy atom. The monoisotopic (exact) mass is 445 g/mol. The second-order valence-electron chi connectivity index (χ2n) is 8.16. The maximum atomic E-state index is 12.8. The third-order valence-electron chi connectivity index (χ3n) is 5.89. The molecule has 0 bridgehead atoms. The molecule has 1 aliphatic heterocycles. The zero-order valence-electron chi connectivity index (χ0n) is 17.9. The summed E-state index contributed by atoms with van der Waals surface area (Å²) in [5, 5.41) is 0.660. The molecular formula is C26H24ClN3O2. The Morgan fingerprint density at radius 2 is 1.88 bits per heavy atom. The molecule has 3 aromatic carbocycles. The summed E-state index contributed by atoms with van der Waals surface area (Å²) in [5.74, 6) is 1.92. The smallest absolute Gasteiger partial charge is 0.227 e. The number of amides is 1. The highest BCUT2D eigenvalue weighted by molar-refractivity contribution is 6.30. The summed E-state index contributed by atoms with van der Waals surface area (Å²) in [7, 11) is 0. The first-order valence-corrected chi connectivity index (χ1v) is 11.2. The lowest BCUT2D eigenvalue weighted by atomic mass is 10.1. The number of para-hydroxylation sites is 2. The van der Waals surface area contributed by atoms with E-state index in [2.05, 4.69) is 23.6 Å². The summed E-state index contributed by atoms with van der Waals surface area (Å²) in [4.78, 5) is 19.6. The predicted octanol–water partition coefficient (Wildman–Crippen LogP) is 5.60. The number of imidazole rings is 1. The van der Waals surface area contributed by atoms with Gasteiger partial charge in [0.25, 0.3) is 0 Å². The van der Waals surface area contributed by atoms with E-state index in [1.54, 1.807) is 0 Å². The molecule has 1 amide bonds. The van der Waals surface area contributed by atoms with Crippen molar-refractivity contribution in [3.63, 3.8) is 0 Å². The topological polar surface area (TPSA) is 47.4 Å². The molecule has 4 aromatic rings. The van der Waals surface area contributed by atoms with E-state index in [0.29, 0.717) is 31.1 Å². The third kappa shape index (κ3) is 4.08. The van der Waals surface area contributed by atoms with E-state index in [1.165, 1.54) is 5.56 Å². The van der Waals surface area contributed by atoms with Gasteiger partial charge in [-0.05, 0) is 61.0 Å². The zero-order chi connectivity index (χ0) is 22.1. The van der Waals surface area contributed by atoms with E-state index in [-0.39, 0.29) is 11.8 Å². The second kappa shape index (κ2) is 8.67. The van der Waals surface area contributed by atoms with Crippen LogP contribution in [0.2, 0.25) is 5.02 Å². The Balaban J connectivity index is 1.40. The number of carbonyl (C=O) groups excluding carboxylic acids is 1. The Kier molecular flexibility index (Phi) is 5.58. The van der Waals surface area contributed by atoms with Crippen molar-refractivity contribution in [2.45, 2.75) is 25.8 Å². The number of rotatable bonds is 6. The minimum atomic E-state index is 0.0181. The highest BCUT2D eigenvalue weighted by atomic mass is 35.5.